The summed E-state index contributed by atoms with van der Waals surface area (Å²) >= 11 is 1.35. The molecule has 1 atom stereocenters. The Morgan fingerprint density at radius 1 is 0.771 bits per heavy atom. The van der Waals surface area contributed by atoms with E-state index >= 15 is 0 Å². The molecule has 0 saturated heterocycles. The molecule has 3 rings (SSSR count). The summed E-state index contributed by atoms with van der Waals surface area (Å²) in [7, 11) is 5.76. The van der Waals surface area contributed by atoms with Gasteiger partial charge in [-0.3, -0.25) is 0 Å². The molecule has 0 aliphatic carbocycles. The Morgan fingerprint density at radius 3 is 1.51 bits per heavy atom. The molecular formula is C22H24N4O8S. The minimum atomic E-state index is -0.706. The van der Waals surface area contributed by atoms with Crippen molar-refractivity contribution < 1.29 is 38.0 Å². The molecule has 0 saturated carbocycles. The van der Waals surface area contributed by atoms with Crippen molar-refractivity contribution in [2.24, 2.45) is 0 Å². The Balaban J connectivity index is 2.07. The van der Waals surface area contributed by atoms with E-state index in [4.69, 9.17) is 33.2 Å². The zero-order valence-corrected chi connectivity index (χ0v) is 20.7. The normalized spacial score (nSPS) is 11.3. The molecule has 186 valence electrons. The van der Waals surface area contributed by atoms with Gasteiger partial charge in [-0.25, -0.2) is 4.79 Å². The van der Waals surface area contributed by atoms with Gasteiger partial charge in [-0.1, -0.05) is 6.07 Å². The number of nitrogens with zero attached hydrogens (tertiary/aromatic N) is 4. The molecule has 12 nitrogen and oxygen atoms in total. The van der Waals surface area contributed by atoms with Gasteiger partial charge in [0.1, 0.15) is 22.5 Å². The van der Waals surface area contributed by atoms with Crippen LogP contribution in [-0.2, 0) is 4.74 Å². The van der Waals surface area contributed by atoms with Crippen molar-refractivity contribution >= 4 is 17.7 Å². The molecule has 2 aromatic heterocycles. The number of aromatic nitrogens is 4. The Bertz CT molecular complexity index is 1060. The largest absolute Gasteiger partial charge is 0.481 e. The van der Waals surface area contributed by atoms with E-state index in [2.05, 4.69) is 19.9 Å². The third-order valence-corrected chi connectivity index (χ3v) is 5.11. The average Bonchev–Trinajstić information content (AvgIpc) is 2.87. The van der Waals surface area contributed by atoms with Gasteiger partial charge in [0.05, 0.1) is 40.6 Å². The highest BCUT2D eigenvalue weighted by Gasteiger charge is 2.25. The molecule has 0 radical (unpaired) electrons. The van der Waals surface area contributed by atoms with Gasteiger partial charge in [-0.2, -0.15) is 19.9 Å². The fourth-order valence-electron chi connectivity index (χ4n) is 2.61. The zero-order chi connectivity index (χ0) is 25.4. The number of rotatable bonds is 11. The summed E-state index contributed by atoms with van der Waals surface area (Å²) in [5.74, 6) is 0.235. The number of carbonyl (C=O) groups is 1. The van der Waals surface area contributed by atoms with Gasteiger partial charge in [-0.05, 0) is 25.3 Å². The first kappa shape index (κ1) is 25.6. The molecule has 2 heterocycles. The molecular weight excluding hydrogens is 480 g/mol. The Morgan fingerprint density at radius 2 is 1.17 bits per heavy atom. The maximum Gasteiger partial charge on any atom is 0.346 e. The third-order valence-electron chi connectivity index (χ3n) is 4.35. The summed E-state index contributed by atoms with van der Waals surface area (Å²) in [5.41, 5.74) is -0.478. The Kier molecular flexibility index (Phi) is 8.73. The van der Waals surface area contributed by atoms with Gasteiger partial charge in [-0.15, -0.1) is 11.8 Å². The standard InChI is InChI=1S/C22H24N4O8S/c1-12(35-6)32-20(27)19-13(33-21-23-15(28-2)10-16(24-21)29-3)8-7-9-14(19)34-22-25-17(30-4)11-18(26-22)31-5/h7-12H,1-6H3. The van der Waals surface area contributed by atoms with Crippen LogP contribution in [0.4, 0.5) is 0 Å². The number of thioether (sulfide) groups is 1. The summed E-state index contributed by atoms with van der Waals surface area (Å²) < 4.78 is 37.8. The van der Waals surface area contributed by atoms with E-state index in [0.717, 1.165) is 0 Å². The van der Waals surface area contributed by atoms with Crippen LogP contribution in [0.15, 0.2) is 30.3 Å². The van der Waals surface area contributed by atoms with E-state index in [-0.39, 0.29) is 52.6 Å². The second kappa shape index (κ2) is 11.9. The van der Waals surface area contributed by atoms with E-state index in [1.54, 1.807) is 13.0 Å². The summed E-state index contributed by atoms with van der Waals surface area (Å²) in [5, 5.41) is 0. The molecule has 35 heavy (non-hydrogen) atoms. The third kappa shape index (κ3) is 6.53. The smallest absolute Gasteiger partial charge is 0.346 e. The first-order valence-corrected chi connectivity index (χ1v) is 11.4. The van der Waals surface area contributed by atoms with Crippen LogP contribution in [0.1, 0.15) is 17.3 Å². The molecule has 13 heteroatoms. The minimum absolute atomic E-state index is 0.0378. The van der Waals surface area contributed by atoms with Crippen LogP contribution in [0.2, 0.25) is 0 Å². The molecule has 0 aliphatic rings. The molecule has 0 aliphatic heterocycles. The second-order valence-corrected chi connectivity index (χ2v) is 7.65. The lowest BCUT2D eigenvalue weighted by atomic mass is 10.2. The number of methoxy groups -OCH3 is 4. The van der Waals surface area contributed by atoms with Gasteiger partial charge in [0.15, 0.2) is 0 Å². The predicted octanol–water partition coefficient (Wildman–Crippen LogP) is 3.75. The van der Waals surface area contributed by atoms with Crippen molar-refractivity contribution in [3.63, 3.8) is 0 Å². The number of hydrogen-bond acceptors (Lipinski definition) is 13. The first-order valence-electron chi connectivity index (χ1n) is 10.1. The van der Waals surface area contributed by atoms with Gasteiger partial charge in [0.2, 0.25) is 23.5 Å². The van der Waals surface area contributed by atoms with Crippen LogP contribution in [-0.4, -0.2) is 66.0 Å². The fraction of sp³-hybridized carbons (Fsp3) is 0.318. The average molecular weight is 505 g/mol. The van der Waals surface area contributed by atoms with Gasteiger partial charge in [0, 0.05) is 0 Å². The summed E-state index contributed by atoms with van der Waals surface area (Å²) in [6.07, 6.45) is 1.81. The Labute approximate surface area is 205 Å². The van der Waals surface area contributed by atoms with Crippen molar-refractivity contribution in [2.75, 3.05) is 34.7 Å². The van der Waals surface area contributed by atoms with Crippen molar-refractivity contribution in [3.05, 3.63) is 35.9 Å². The van der Waals surface area contributed by atoms with Crippen LogP contribution in [0.25, 0.3) is 0 Å². The number of ether oxygens (including phenoxy) is 7. The van der Waals surface area contributed by atoms with Crippen LogP contribution < -0.4 is 28.4 Å². The molecule has 1 aromatic carbocycles. The fourth-order valence-corrected chi connectivity index (χ4v) is 2.80. The highest BCUT2D eigenvalue weighted by atomic mass is 32.2. The molecule has 0 amide bonds. The lowest BCUT2D eigenvalue weighted by molar-refractivity contribution is 0.0476. The molecule has 3 aromatic rings. The predicted molar refractivity (Wildman–Crippen MR) is 125 cm³/mol. The van der Waals surface area contributed by atoms with E-state index in [0.29, 0.717) is 0 Å². The molecule has 0 spiro atoms. The number of esters is 1. The molecule has 1 unspecified atom stereocenters. The Hall–Kier alpha value is -4.00. The molecule has 0 fully saturated rings. The van der Waals surface area contributed by atoms with Crippen LogP contribution in [0.5, 0.6) is 47.0 Å². The lowest BCUT2D eigenvalue weighted by Gasteiger charge is -2.16. The van der Waals surface area contributed by atoms with E-state index in [9.17, 15) is 4.79 Å². The topological polar surface area (TPSA) is 133 Å². The summed E-state index contributed by atoms with van der Waals surface area (Å²) in [6.45, 7) is 1.73. The van der Waals surface area contributed by atoms with E-state index in [1.165, 1.54) is 64.5 Å². The molecule has 0 N–H and O–H groups in total. The molecule has 0 bridgehead atoms. The van der Waals surface area contributed by atoms with Crippen molar-refractivity contribution in [1.29, 1.82) is 0 Å². The zero-order valence-electron chi connectivity index (χ0n) is 19.9. The van der Waals surface area contributed by atoms with Crippen molar-refractivity contribution in [3.8, 4) is 47.0 Å². The maximum atomic E-state index is 13.2. The SMILES string of the molecule is COc1cc(OC)nc(Oc2cccc(Oc3nc(OC)cc(OC)n3)c2C(=O)OC(C)SC)n1. The quantitative estimate of drug-likeness (QED) is 0.277. The van der Waals surface area contributed by atoms with Gasteiger partial charge in [0.25, 0.3) is 0 Å². The summed E-state index contributed by atoms with van der Waals surface area (Å²) in [6, 6.07) is 7.40. The highest BCUT2D eigenvalue weighted by Crippen LogP contribution is 2.36. The van der Waals surface area contributed by atoms with Gasteiger partial charge < -0.3 is 33.2 Å². The minimum Gasteiger partial charge on any atom is -0.481 e. The van der Waals surface area contributed by atoms with Crippen LogP contribution >= 0.6 is 11.8 Å². The number of hydrogen-bond donors (Lipinski definition) is 0. The van der Waals surface area contributed by atoms with E-state index in [1.807, 2.05) is 6.26 Å². The number of benzene rings is 1. The summed E-state index contributed by atoms with van der Waals surface area (Å²) in [4.78, 5) is 29.7. The second-order valence-electron chi connectivity index (χ2n) is 6.51. The van der Waals surface area contributed by atoms with E-state index < -0.39 is 11.4 Å². The first-order chi connectivity index (χ1) is 16.9. The van der Waals surface area contributed by atoms with Crippen molar-refractivity contribution in [1.82, 2.24) is 19.9 Å². The lowest BCUT2D eigenvalue weighted by Crippen LogP contribution is -2.14. The van der Waals surface area contributed by atoms with Gasteiger partial charge >= 0.3 is 18.0 Å². The maximum absolute atomic E-state index is 13.2. The highest BCUT2D eigenvalue weighted by molar-refractivity contribution is 7.99. The van der Waals surface area contributed by atoms with Crippen molar-refractivity contribution in [2.45, 2.75) is 12.4 Å². The van der Waals surface area contributed by atoms with Crippen LogP contribution in [0, 0.1) is 0 Å². The van der Waals surface area contributed by atoms with Crippen LogP contribution in [0.3, 0.4) is 0 Å². The monoisotopic (exact) mass is 504 g/mol. The number of carbonyl (C=O) groups excluding carboxylic acids is 1.